The number of ether oxygens (including phenoxy) is 3. The van der Waals surface area contributed by atoms with Gasteiger partial charge in [-0.3, -0.25) is 9.59 Å². The van der Waals surface area contributed by atoms with Crippen molar-refractivity contribution < 1.29 is 23.8 Å². The van der Waals surface area contributed by atoms with Gasteiger partial charge in [-0.2, -0.15) is 5.10 Å². The molecule has 0 saturated heterocycles. The summed E-state index contributed by atoms with van der Waals surface area (Å²) in [6.45, 7) is 7.23. The van der Waals surface area contributed by atoms with Crippen molar-refractivity contribution >= 4 is 29.0 Å². The third-order valence-electron chi connectivity index (χ3n) is 5.02. The number of carbonyl (C=O) groups excluding carboxylic acids is 2. The van der Waals surface area contributed by atoms with Crippen LogP contribution >= 0.6 is 11.6 Å². The molecule has 0 bridgehead atoms. The summed E-state index contributed by atoms with van der Waals surface area (Å²) in [5.74, 6) is 0.629. The Bertz CT molecular complexity index is 1190. The lowest BCUT2D eigenvalue weighted by Gasteiger charge is -2.22. The van der Waals surface area contributed by atoms with E-state index in [1.165, 1.54) is 13.3 Å². The molecule has 0 aliphatic heterocycles. The van der Waals surface area contributed by atoms with Gasteiger partial charge in [0.25, 0.3) is 0 Å². The average Bonchev–Trinajstić information content (AvgIpc) is 3.34. The summed E-state index contributed by atoms with van der Waals surface area (Å²) in [5, 5.41) is 7.91. The monoisotopic (exact) mass is 514 g/mol. The van der Waals surface area contributed by atoms with Crippen molar-refractivity contribution in [2.45, 2.75) is 52.2 Å². The van der Waals surface area contributed by atoms with E-state index in [0.717, 1.165) is 0 Å². The van der Waals surface area contributed by atoms with Gasteiger partial charge in [0.1, 0.15) is 35.8 Å². The number of Topliss-reactive ketones (excluding diaryl/α,β-unsaturated/α-hetero) is 1. The van der Waals surface area contributed by atoms with E-state index in [4.69, 9.17) is 25.8 Å². The summed E-state index contributed by atoms with van der Waals surface area (Å²) >= 11 is 6.22. The second-order valence-electron chi connectivity index (χ2n) is 9.17. The number of halogens is 1. The van der Waals surface area contributed by atoms with Gasteiger partial charge in [0.05, 0.1) is 19.4 Å². The highest BCUT2D eigenvalue weighted by atomic mass is 35.5. The Labute approximate surface area is 215 Å². The molecule has 0 aliphatic rings. The van der Waals surface area contributed by atoms with E-state index in [1.807, 2.05) is 32.9 Å². The Kier molecular flexibility index (Phi) is 8.93. The lowest BCUT2D eigenvalue weighted by atomic mass is 10.0. The van der Waals surface area contributed by atoms with Crippen LogP contribution in [-0.2, 0) is 14.3 Å². The molecular formula is C26H31ClN4O5. The topological polar surface area (TPSA) is 105 Å². The van der Waals surface area contributed by atoms with Gasteiger partial charge in [-0.05, 0) is 52.3 Å². The van der Waals surface area contributed by atoms with Crippen LogP contribution in [0.4, 0.5) is 5.69 Å². The van der Waals surface area contributed by atoms with Gasteiger partial charge in [-0.15, -0.1) is 0 Å². The molecule has 1 aromatic heterocycles. The zero-order valence-corrected chi connectivity index (χ0v) is 21.8. The maximum Gasteiger partial charge on any atom is 0.306 e. The third-order valence-corrected chi connectivity index (χ3v) is 5.25. The fraction of sp³-hybridized carbons (Fsp3) is 0.385. The van der Waals surface area contributed by atoms with E-state index in [0.29, 0.717) is 39.9 Å². The molecule has 0 saturated carbocycles. The van der Waals surface area contributed by atoms with Gasteiger partial charge >= 0.3 is 5.97 Å². The van der Waals surface area contributed by atoms with Crippen LogP contribution in [0.3, 0.4) is 0 Å². The number of methoxy groups -OCH3 is 1. The summed E-state index contributed by atoms with van der Waals surface area (Å²) in [5.41, 5.74) is 1.44. The van der Waals surface area contributed by atoms with Gasteiger partial charge in [0.2, 0.25) is 0 Å². The maximum absolute atomic E-state index is 12.7. The SMILES string of the molecule is COc1cc(NC(C(C)=O)c2ccc(Cl)cc2OCCCC(=O)OC(C)(C)C)cc(-n2cncn2)c1. The third kappa shape index (κ3) is 7.71. The van der Waals surface area contributed by atoms with E-state index in [9.17, 15) is 9.59 Å². The van der Waals surface area contributed by atoms with Gasteiger partial charge < -0.3 is 19.5 Å². The average molecular weight is 515 g/mol. The fourth-order valence-corrected chi connectivity index (χ4v) is 3.65. The molecule has 3 aromatic rings. The van der Waals surface area contributed by atoms with Crippen LogP contribution < -0.4 is 14.8 Å². The van der Waals surface area contributed by atoms with E-state index in [1.54, 1.807) is 42.4 Å². The molecule has 10 heteroatoms. The van der Waals surface area contributed by atoms with E-state index >= 15 is 0 Å². The fourth-order valence-electron chi connectivity index (χ4n) is 3.49. The Morgan fingerprint density at radius 1 is 1.17 bits per heavy atom. The quantitative estimate of drug-likeness (QED) is 0.276. The van der Waals surface area contributed by atoms with Crippen molar-refractivity contribution in [2.75, 3.05) is 19.0 Å². The zero-order chi connectivity index (χ0) is 26.3. The Hall–Kier alpha value is -3.59. The van der Waals surface area contributed by atoms with Crippen LogP contribution in [0.2, 0.25) is 5.02 Å². The van der Waals surface area contributed by atoms with Crippen molar-refractivity contribution in [3.05, 3.63) is 59.6 Å². The molecule has 1 atom stereocenters. The van der Waals surface area contributed by atoms with Crippen LogP contribution in [0, 0.1) is 0 Å². The molecule has 1 N–H and O–H groups in total. The summed E-state index contributed by atoms with van der Waals surface area (Å²) in [6.07, 6.45) is 3.68. The first-order chi connectivity index (χ1) is 17.1. The minimum absolute atomic E-state index is 0.124. The molecule has 0 aliphatic carbocycles. The number of nitrogens with zero attached hydrogens (tertiary/aromatic N) is 3. The predicted octanol–water partition coefficient (Wildman–Crippen LogP) is 5.17. The number of rotatable bonds is 11. The zero-order valence-electron chi connectivity index (χ0n) is 21.1. The highest BCUT2D eigenvalue weighted by Crippen LogP contribution is 2.33. The molecule has 0 spiro atoms. The molecule has 0 amide bonds. The van der Waals surface area contributed by atoms with Crippen molar-refractivity contribution in [1.29, 1.82) is 0 Å². The first-order valence-electron chi connectivity index (χ1n) is 11.5. The largest absolute Gasteiger partial charge is 0.497 e. The Balaban J connectivity index is 1.79. The molecule has 1 heterocycles. The molecule has 3 rings (SSSR count). The molecule has 0 radical (unpaired) electrons. The number of esters is 1. The number of ketones is 1. The van der Waals surface area contributed by atoms with Crippen LogP contribution in [0.5, 0.6) is 11.5 Å². The molecule has 192 valence electrons. The minimum Gasteiger partial charge on any atom is -0.497 e. The van der Waals surface area contributed by atoms with Gasteiger partial charge in [-0.25, -0.2) is 9.67 Å². The van der Waals surface area contributed by atoms with Crippen molar-refractivity contribution in [3.63, 3.8) is 0 Å². The highest BCUT2D eigenvalue weighted by molar-refractivity contribution is 6.30. The summed E-state index contributed by atoms with van der Waals surface area (Å²) < 4.78 is 18.3. The molecule has 1 unspecified atom stereocenters. The predicted molar refractivity (Wildman–Crippen MR) is 137 cm³/mol. The van der Waals surface area contributed by atoms with Crippen LogP contribution in [0.25, 0.3) is 5.69 Å². The van der Waals surface area contributed by atoms with Crippen LogP contribution in [-0.4, -0.2) is 45.8 Å². The maximum atomic E-state index is 12.7. The number of nitrogens with one attached hydrogen (secondary N) is 1. The minimum atomic E-state index is -0.723. The Morgan fingerprint density at radius 3 is 2.58 bits per heavy atom. The van der Waals surface area contributed by atoms with E-state index < -0.39 is 11.6 Å². The van der Waals surface area contributed by atoms with Gasteiger partial charge in [-0.1, -0.05) is 17.7 Å². The molecule has 36 heavy (non-hydrogen) atoms. The number of hydrogen-bond donors (Lipinski definition) is 1. The van der Waals surface area contributed by atoms with Gasteiger partial charge in [0, 0.05) is 34.8 Å². The molecule has 2 aromatic carbocycles. The molecule has 9 nitrogen and oxygen atoms in total. The number of anilines is 1. The van der Waals surface area contributed by atoms with E-state index in [2.05, 4.69) is 15.4 Å². The number of aromatic nitrogens is 3. The normalized spacial score (nSPS) is 12.1. The summed E-state index contributed by atoms with van der Waals surface area (Å²) in [4.78, 5) is 28.7. The molecular weight excluding hydrogens is 484 g/mol. The highest BCUT2D eigenvalue weighted by Gasteiger charge is 2.22. The van der Waals surface area contributed by atoms with Crippen molar-refractivity contribution in [3.8, 4) is 17.2 Å². The smallest absolute Gasteiger partial charge is 0.306 e. The van der Waals surface area contributed by atoms with Crippen molar-refractivity contribution in [1.82, 2.24) is 14.8 Å². The standard InChI is InChI=1S/C26H31ClN4O5/c1-17(32)25(30-19-12-20(14-21(13-19)34-5)31-16-28-15-29-31)22-9-8-18(27)11-23(22)35-10-6-7-24(33)36-26(2,3)4/h8-9,11-16,25,30H,6-7,10H2,1-5H3. The number of hydrogen-bond acceptors (Lipinski definition) is 8. The van der Waals surface area contributed by atoms with E-state index in [-0.39, 0.29) is 24.8 Å². The van der Waals surface area contributed by atoms with Crippen molar-refractivity contribution in [2.24, 2.45) is 0 Å². The number of carbonyl (C=O) groups is 2. The van der Waals surface area contributed by atoms with Gasteiger partial charge in [0.15, 0.2) is 5.78 Å². The summed E-state index contributed by atoms with van der Waals surface area (Å²) in [7, 11) is 1.56. The lowest BCUT2D eigenvalue weighted by molar-refractivity contribution is -0.155. The Morgan fingerprint density at radius 2 is 1.94 bits per heavy atom. The first-order valence-corrected chi connectivity index (χ1v) is 11.9. The second kappa shape index (κ2) is 11.9. The first kappa shape index (κ1) is 27.0. The summed E-state index contributed by atoms with van der Waals surface area (Å²) in [6, 6.07) is 9.83. The van der Waals surface area contributed by atoms with Crippen LogP contribution in [0.15, 0.2) is 49.1 Å². The lowest BCUT2D eigenvalue weighted by Crippen LogP contribution is -2.24. The molecule has 0 fully saturated rings. The number of benzene rings is 2. The second-order valence-corrected chi connectivity index (χ2v) is 9.60. The van der Waals surface area contributed by atoms with Crippen LogP contribution in [0.1, 0.15) is 52.1 Å².